The van der Waals surface area contributed by atoms with Gasteiger partial charge in [0, 0.05) is 21.5 Å². The lowest BCUT2D eigenvalue weighted by molar-refractivity contribution is 0.452. The summed E-state index contributed by atoms with van der Waals surface area (Å²) >= 11 is 9.62. The number of aromatic nitrogens is 3. The van der Waals surface area contributed by atoms with E-state index < -0.39 is 0 Å². The van der Waals surface area contributed by atoms with Gasteiger partial charge in [-0.3, -0.25) is 14.8 Å². The van der Waals surface area contributed by atoms with Crippen molar-refractivity contribution >= 4 is 50.2 Å². The monoisotopic (exact) mass is 470 g/mol. The maximum atomic E-state index is 12.1. The number of nitrogens with one attached hydrogen (secondary N) is 1. The summed E-state index contributed by atoms with van der Waals surface area (Å²) in [6.45, 7) is 3.78. The SMILES string of the molecule is Cc1nn(-c2ccc(N=Cc3c(O)[nH]c(=O)c4ccc(Br)cc34)cc2)c(C)c1Cl. The van der Waals surface area contributed by atoms with E-state index in [1.165, 1.54) is 6.21 Å². The molecule has 6 nitrogen and oxygen atoms in total. The van der Waals surface area contributed by atoms with Gasteiger partial charge in [-0.2, -0.15) is 5.10 Å². The Balaban J connectivity index is 1.71. The molecule has 146 valence electrons. The van der Waals surface area contributed by atoms with Crippen LogP contribution in [0, 0.1) is 13.8 Å². The third kappa shape index (κ3) is 3.59. The van der Waals surface area contributed by atoms with Gasteiger partial charge in [-0.05, 0) is 56.3 Å². The predicted octanol–water partition coefficient (Wildman–Crippen LogP) is 5.20. The van der Waals surface area contributed by atoms with E-state index in [9.17, 15) is 9.90 Å². The molecule has 2 heterocycles. The molecule has 0 aliphatic rings. The summed E-state index contributed by atoms with van der Waals surface area (Å²) in [6, 6.07) is 12.7. The Kier molecular flexibility index (Phi) is 5.02. The van der Waals surface area contributed by atoms with Crippen molar-refractivity contribution in [2.45, 2.75) is 13.8 Å². The number of halogens is 2. The van der Waals surface area contributed by atoms with Gasteiger partial charge >= 0.3 is 0 Å². The number of benzene rings is 2. The maximum absolute atomic E-state index is 12.1. The fourth-order valence-electron chi connectivity index (χ4n) is 3.13. The molecule has 0 amide bonds. The van der Waals surface area contributed by atoms with Gasteiger partial charge in [-0.15, -0.1) is 0 Å². The summed E-state index contributed by atoms with van der Waals surface area (Å²) in [6.07, 6.45) is 1.54. The average Bonchev–Trinajstić information content (AvgIpc) is 2.95. The molecule has 0 saturated heterocycles. The first kappa shape index (κ1) is 19.4. The second-order valence-corrected chi connectivity index (χ2v) is 7.87. The molecule has 29 heavy (non-hydrogen) atoms. The predicted molar refractivity (Wildman–Crippen MR) is 119 cm³/mol. The summed E-state index contributed by atoms with van der Waals surface area (Å²) < 4.78 is 2.58. The molecule has 2 N–H and O–H groups in total. The number of aliphatic imine (C=N–C) groups is 1. The first-order valence-corrected chi connectivity index (χ1v) is 9.93. The molecule has 0 saturated carbocycles. The summed E-state index contributed by atoms with van der Waals surface area (Å²) in [5.41, 5.74) is 3.30. The van der Waals surface area contributed by atoms with Crippen molar-refractivity contribution in [1.29, 1.82) is 0 Å². The van der Waals surface area contributed by atoms with Crippen LogP contribution in [0.3, 0.4) is 0 Å². The van der Waals surface area contributed by atoms with Crippen molar-refractivity contribution in [3.8, 4) is 11.6 Å². The highest BCUT2D eigenvalue weighted by molar-refractivity contribution is 9.10. The molecule has 8 heteroatoms. The van der Waals surface area contributed by atoms with E-state index in [0.29, 0.717) is 27.0 Å². The van der Waals surface area contributed by atoms with Crippen LogP contribution in [0.5, 0.6) is 5.88 Å². The van der Waals surface area contributed by atoms with Crippen LogP contribution in [0.15, 0.2) is 56.7 Å². The lowest BCUT2D eigenvalue weighted by atomic mass is 10.1. The van der Waals surface area contributed by atoms with Crippen LogP contribution in [0.2, 0.25) is 5.02 Å². The Morgan fingerprint density at radius 2 is 1.90 bits per heavy atom. The fourth-order valence-corrected chi connectivity index (χ4v) is 3.61. The minimum Gasteiger partial charge on any atom is -0.494 e. The highest BCUT2D eigenvalue weighted by atomic mass is 79.9. The van der Waals surface area contributed by atoms with Gasteiger partial charge in [0.05, 0.1) is 33.3 Å². The summed E-state index contributed by atoms with van der Waals surface area (Å²) in [5.74, 6) is -0.224. The maximum Gasteiger partial charge on any atom is 0.258 e. The lowest BCUT2D eigenvalue weighted by Gasteiger charge is -2.06. The molecule has 0 fully saturated rings. The summed E-state index contributed by atoms with van der Waals surface area (Å²) in [7, 11) is 0. The second-order valence-electron chi connectivity index (χ2n) is 6.58. The van der Waals surface area contributed by atoms with E-state index in [-0.39, 0.29) is 11.4 Å². The number of nitrogens with zero attached hydrogens (tertiary/aromatic N) is 3. The van der Waals surface area contributed by atoms with Gasteiger partial charge in [0.25, 0.3) is 5.56 Å². The first-order chi connectivity index (χ1) is 13.8. The zero-order valence-corrected chi connectivity index (χ0v) is 17.9. The third-order valence-corrected chi connectivity index (χ3v) is 5.68. The van der Waals surface area contributed by atoms with Crippen LogP contribution >= 0.6 is 27.5 Å². The fraction of sp³-hybridized carbons (Fsp3) is 0.0952. The van der Waals surface area contributed by atoms with Crippen molar-refractivity contribution in [1.82, 2.24) is 14.8 Å². The largest absolute Gasteiger partial charge is 0.494 e. The summed E-state index contributed by atoms with van der Waals surface area (Å²) in [4.78, 5) is 19.0. The van der Waals surface area contributed by atoms with Crippen molar-refractivity contribution in [2.75, 3.05) is 0 Å². The van der Waals surface area contributed by atoms with Gasteiger partial charge in [0.1, 0.15) is 0 Å². The minimum absolute atomic E-state index is 0.224. The zero-order chi connectivity index (χ0) is 20.7. The van der Waals surface area contributed by atoms with E-state index in [1.54, 1.807) is 22.9 Å². The van der Waals surface area contributed by atoms with Crippen LogP contribution in [-0.2, 0) is 0 Å². The Bertz CT molecular complexity index is 1320. The number of fused-ring (bicyclic) bond motifs is 1. The number of hydrogen-bond acceptors (Lipinski definition) is 4. The van der Waals surface area contributed by atoms with Crippen LogP contribution in [0.1, 0.15) is 17.0 Å². The highest BCUT2D eigenvalue weighted by Gasteiger charge is 2.11. The summed E-state index contributed by atoms with van der Waals surface area (Å²) in [5, 5.41) is 16.4. The van der Waals surface area contributed by atoms with Crippen molar-refractivity contribution in [3.05, 3.63) is 79.3 Å². The molecule has 2 aromatic heterocycles. The standard InChI is InChI=1S/C21H16BrClN4O2/c1-11-19(23)12(2)27(26-11)15-6-4-14(5-7-15)24-10-18-17-9-13(22)3-8-16(17)20(28)25-21(18)29/h3-10H,1-2H3,(H2,25,28,29). The van der Waals surface area contributed by atoms with Crippen LogP contribution in [-0.4, -0.2) is 26.1 Å². The molecule has 0 aliphatic heterocycles. The van der Waals surface area contributed by atoms with Crippen LogP contribution in [0.25, 0.3) is 16.5 Å². The van der Waals surface area contributed by atoms with Gasteiger partial charge in [-0.1, -0.05) is 27.5 Å². The topological polar surface area (TPSA) is 83.3 Å². The van der Waals surface area contributed by atoms with Gasteiger partial charge in [0.15, 0.2) is 0 Å². The number of aryl methyl sites for hydroxylation is 1. The van der Waals surface area contributed by atoms with Crippen molar-refractivity contribution < 1.29 is 5.11 Å². The second kappa shape index (κ2) is 7.50. The third-order valence-electron chi connectivity index (χ3n) is 4.64. The average molecular weight is 472 g/mol. The zero-order valence-electron chi connectivity index (χ0n) is 15.6. The highest BCUT2D eigenvalue weighted by Crippen LogP contribution is 2.26. The molecule has 2 aromatic carbocycles. The van der Waals surface area contributed by atoms with E-state index >= 15 is 0 Å². The number of pyridine rings is 1. The molecule has 0 unspecified atom stereocenters. The van der Waals surface area contributed by atoms with E-state index in [0.717, 1.165) is 21.5 Å². The number of aromatic amines is 1. The molecular formula is C21H16BrClN4O2. The molecule has 0 atom stereocenters. The Hall–Kier alpha value is -2.90. The van der Waals surface area contributed by atoms with Crippen molar-refractivity contribution in [3.63, 3.8) is 0 Å². The molecule has 4 aromatic rings. The van der Waals surface area contributed by atoms with Crippen LogP contribution in [0.4, 0.5) is 5.69 Å². The molecular weight excluding hydrogens is 456 g/mol. The molecule has 0 aliphatic carbocycles. The molecule has 4 rings (SSSR count). The Morgan fingerprint density at radius 1 is 1.17 bits per heavy atom. The Morgan fingerprint density at radius 3 is 2.55 bits per heavy atom. The van der Waals surface area contributed by atoms with Crippen molar-refractivity contribution in [2.24, 2.45) is 4.99 Å². The molecule has 0 radical (unpaired) electrons. The van der Waals surface area contributed by atoms with E-state index in [1.807, 2.05) is 38.1 Å². The number of aromatic hydroxyl groups is 1. The lowest BCUT2D eigenvalue weighted by Crippen LogP contribution is -2.08. The number of rotatable bonds is 3. The smallest absolute Gasteiger partial charge is 0.258 e. The first-order valence-electron chi connectivity index (χ1n) is 8.76. The normalized spacial score (nSPS) is 11.6. The minimum atomic E-state index is -0.352. The molecule has 0 spiro atoms. The quantitative estimate of drug-likeness (QED) is 0.403. The van der Waals surface area contributed by atoms with Gasteiger partial charge in [-0.25, -0.2) is 4.68 Å². The number of hydrogen-bond donors (Lipinski definition) is 2. The van der Waals surface area contributed by atoms with E-state index in [4.69, 9.17) is 11.6 Å². The van der Waals surface area contributed by atoms with Crippen LogP contribution < -0.4 is 5.56 Å². The van der Waals surface area contributed by atoms with Gasteiger partial charge in [0.2, 0.25) is 5.88 Å². The van der Waals surface area contributed by atoms with Gasteiger partial charge < -0.3 is 5.11 Å². The number of H-pyrrole nitrogens is 1. The Labute approximate surface area is 179 Å². The molecule has 0 bridgehead atoms. The van der Waals surface area contributed by atoms with E-state index in [2.05, 4.69) is 31.0 Å².